The Morgan fingerprint density at radius 2 is 1.65 bits per heavy atom. The lowest BCUT2D eigenvalue weighted by Crippen LogP contribution is -2.20. The van der Waals surface area contributed by atoms with E-state index >= 15 is 0 Å². The van der Waals surface area contributed by atoms with Crippen molar-refractivity contribution >= 4 is 12.0 Å². The smallest absolute Gasteiger partial charge is 0.244 e. The topological polar surface area (TPSA) is 103 Å². The third-order valence-corrected chi connectivity index (χ3v) is 5.27. The first kappa shape index (κ1) is 24.6. The molecule has 0 spiro atoms. The highest BCUT2D eigenvalue weighted by Gasteiger charge is 2.10. The number of carbonyl (C=O) groups is 1. The van der Waals surface area contributed by atoms with E-state index in [9.17, 15) is 9.90 Å². The molecule has 2 N–H and O–H groups in total. The summed E-state index contributed by atoms with van der Waals surface area (Å²) in [5, 5.41) is 12.7. The number of nitrogens with zero attached hydrogens (tertiary/aromatic N) is 2. The molecule has 0 fully saturated rings. The Hall–Kier alpha value is -4.07. The lowest BCUT2D eigenvalue weighted by atomic mass is 10.2. The van der Waals surface area contributed by atoms with Gasteiger partial charge < -0.3 is 24.6 Å². The first-order valence-electron chi connectivity index (χ1n) is 10.7. The van der Waals surface area contributed by atoms with Gasteiger partial charge in [-0.1, -0.05) is 12.1 Å². The molecule has 0 aliphatic rings. The minimum absolute atomic E-state index is 0.0131. The zero-order valence-electron chi connectivity index (χ0n) is 20.0. The maximum atomic E-state index is 12.2. The van der Waals surface area contributed by atoms with Gasteiger partial charge in [-0.3, -0.25) is 14.8 Å². The lowest BCUT2D eigenvalue weighted by Gasteiger charge is -2.13. The maximum Gasteiger partial charge on any atom is 0.244 e. The van der Waals surface area contributed by atoms with Crippen LogP contribution in [-0.4, -0.2) is 35.2 Å². The van der Waals surface area contributed by atoms with Crippen LogP contribution in [0.15, 0.2) is 42.5 Å². The fourth-order valence-corrected chi connectivity index (χ4v) is 3.22. The van der Waals surface area contributed by atoms with E-state index in [0.717, 1.165) is 28.3 Å². The van der Waals surface area contributed by atoms with E-state index in [1.165, 1.54) is 19.3 Å². The van der Waals surface area contributed by atoms with E-state index in [-0.39, 0.29) is 18.3 Å². The Balaban J connectivity index is 1.59. The molecule has 0 bridgehead atoms. The summed E-state index contributed by atoms with van der Waals surface area (Å²) in [7, 11) is 3.05. The molecule has 1 amide bonds. The molecule has 34 heavy (non-hydrogen) atoms. The quantitative estimate of drug-likeness (QED) is 0.462. The summed E-state index contributed by atoms with van der Waals surface area (Å²) >= 11 is 0. The molecule has 0 aliphatic heterocycles. The van der Waals surface area contributed by atoms with E-state index < -0.39 is 0 Å². The van der Waals surface area contributed by atoms with Gasteiger partial charge in [0.2, 0.25) is 5.91 Å². The van der Waals surface area contributed by atoms with Crippen LogP contribution in [0.4, 0.5) is 0 Å². The highest BCUT2D eigenvalue weighted by atomic mass is 16.5. The van der Waals surface area contributed by atoms with Crippen LogP contribution < -0.4 is 19.5 Å². The molecule has 0 unspecified atom stereocenters. The summed E-state index contributed by atoms with van der Waals surface area (Å²) in [5.41, 5.74) is 4.93. The van der Waals surface area contributed by atoms with Gasteiger partial charge in [0, 0.05) is 12.6 Å². The Kier molecular flexibility index (Phi) is 8.08. The number of hydrogen-bond acceptors (Lipinski definition) is 7. The molecule has 8 nitrogen and oxygen atoms in total. The maximum absolute atomic E-state index is 12.2. The van der Waals surface area contributed by atoms with Crippen molar-refractivity contribution < 1.29 is 24.1 Å². The average molecular weight is 464 g/mol. The van der Waals surface area contributed by atoms with Crippen LogP contribution in [0.3, 0.4) is 0 Å². The van der Waals surface area contributed by atoms with Crippen molar-refractivity contribution in [2.45, 2.75) is 33.9 Å². The van der Waals surface area contributed by atoms with Crippen LogP contribution >= 0.6 is 0 Å². The van der Waals surface area contributed by atoms with Crippen LogP contribution in [0, 0.1) is 20.8 Å². The number of amides is 1. The standard InChI is InChI=1S/C26H29N3O5/c1-16-17(2)29-21(18(3)28-16)15-34-24-10-7-20(13-25(24)33-5)14-27-26(31)11-8-19-6-9-23(32-4)22(30)12-19/h6-13,30H,14-15H2,1-5H3,(H,27,31)/b11-8+. The summed E-state index contributed by atoms with van der Waals surface area (Å²) in [6, 6.07) is 10.4. The Bertz CT molecular complexity index is 1210. The number of aryl methyl sites for hydroxylation is 3. The average Bonchev–Trinajstić information content (AvgIpc) is 2.83. The molecular weight excluding hydrogens is 434 g/mol. The molecule has 0 saturated carbocycles. The summed E-state index contributed by atoms with van der Waals surface area (Å²) in [6.45, 7) is 6.35. The summed E-state index contributed by atoms with van der Waals surface area (Å²) in [4.78, 5) is 21.3. The van der Waals surface area contributed by atoms with Gasteiger partial charge >= 0.3 is 0 Å². The zero-order chi connectivity index (χ0) is 24.7. The van der Waals surface area contributed by atoms with Crippen molar-refractivity contribution in [1.82, 2.24) is 15.3 Å². The number of nitrogens with one attached hydrogen (secondary N) is 1. The zero-order valence-corrected chi connectivity index (χ0v) is 20.0. The van der Waals surface area contributed by atoms with Crippen molar-refractivity contribution in [3.8, 4) is 23.0 Å². The van der Waals surface area contributed by atoms with Crippen LogP contribution in [0.1, 0.15) is 33.9 Å². The van der Waals surface area contributed by atoms with Crippen molar-refractivity contribution in [1.29, 1.82) is 0 Å². The molecular formula is C26H29N3O5. The largest absolute Gasteiger partial charge is 0.504 e. The van der Waals surface area contributed by atoms with Gasteiger partial charge in [0.25, 0.3) is 0 Å². The number of aromatic hydroxyl groups is 1. The van der Waals surface area contributed by atoms with Crippen LogP contribution in [0.2, 0.25) is 0 Å². The number of rotatable bonds is 9. The fraction of sp³-hybridized carbons (Fsp3) is 0.269. The first-order chi connectivity index (χ1) is 16.3. The van der Waals surface area contributed by atoms with Gasteiger partial charge in [-0.15, -0.1) is 0 Å². The van der Waals surface area contributed by atoms with Crippen LogP contribution in [0.25, 0.3) is 6.08 Å². The summed E-state index contributed by atoms with van der Waals surface area (Å²) in [6.07, 6.45) is 3.02. The SMILES string of the molecule is COc1ccc(/C=C/C(=O)NCc2ccc(OCc3nc(C)c(C)nc3C)c(OC)c2)cc1O. The van der Waals surface area contributed by atoms with Gasteiger partial charge in [0.15, 0.2) is 23.0 Å². The predicted molar refractivity (Wildman–Crippen MR) is 129 cm³/mol. The third kappa shape index (κ3) is 6.25. The molecule has 8 heteroatoms. The van der Waals surface area contributed by atoms with E-state index in [2.05, 4.69) is 15.3 Å². The number of phenolic OH excluding ortho intramolecular Hbond substituents is 1. The van der Waals surface area contributed by atoms with Gasteiger partial charge in [0.05, 0.1) is 37.0 Å². The molecule has 0 atom stereocenters. The summed E-state index contributed by atoms with van der Waals surface area (Å²) in [5.74, 6) is 1.26. The Morgan fingerprint density at radius 1 is 0.941 bits per heavy atom. The number of ether oxygens (including phenoxy) is 3. The molecule has 3 rings (SSSR count). The van der Waals surface area contributed by atoms with Gasteiger partial charge in [0.1, 0.15) is 6.61 Å². The molecule has 2 aromatic carbocycles. The fourth-order valence-electron chi connectivity index (χ4n) is 3.22. The monoisotopic (exact) mass is 463 g/mol. The summed E-state index contributed by atoms with van der Waals surface area (Å²) < 4.78 is 16.4. The number of phenols is 1. The van der Waals surface area contributed by atoms with Crippen molar-refractivity contribution in [2.75, 3.05) is 14.2 Å². The number of aromatic nitrogens is 2. The molecule has 0 aliphatic carbocycles. The van der Waals surface area contributed by atoms with E-state index in [4.69, 9.17) is 14.2 Å². The molecule has 0 saturated heterocycles. The van der Waals surface area contributed by atoms with Crippen molar-refractivity contribution in [3.05, 3.63) is 76.4 Å². The number of methoxy groups -OCH3 is 2. The lowest BCUT2D eigenvalue weighted by molar-refractivity contribution is -0.116. The van der Waals surface area contributed by atoms with Crippen LogP contribution in [-0.2, 0) is 17.9 Å². The molecule has 1 heterocycles. The molecule has 178 valence electrons. The van der Waals surface area contributed by atoms with Crippen LogP contribution in [0.5, 0.6) is 23.0 Å². The third-order valence-electron chi connectivity index (χ3n) is 5.27. The van der Waals surface area contributed by atoms with Gasteiger partial charge in [-0.05, 0) is 62.2 Å². The normalized spacial score (nSPS) is 10.9. The number of carbonyl (C=O) groups excluding carboxylic acids is 1. The second-order valence-corrected chi connectivity index (χ2v) is 7.68. The Labute approximate surface area is 199 Å². The second kappa shape index (κ2) is 11.2. The Morgan fingerprint density at radius 3 is 2.35 bits per heavy atom. The molecule has 1 aromatic heterocycles. The first-order valence-corrected chi connectivity index (χ1v) is 10.7. The van der Waals surface area contributed by atoms with Gasteiger partial charge in [-0.2, -0.15) is 0 Å². The van der Waals surface area contributed by atoms with E-state index in [1.54, 1.807) is 31.4 Å². The predicted octanol–water partition coefficient (Wildman–Crippen LogP) is 4.03. The van der Waals surface area contributed by atoms with Crippen molar-refractivity contribution in [2.24, 2.45) is 0 Å². The van der Waals surface area contributed by atoms with E-state index in [1.807, 2.05) is 32.9 Å². The molecule has 0 radical (unpaired) electrons. The highest BCUT2D eigenvalue weighted by Crippen LogP contribution is 2.29. The second-order valence-electron chi connectivity index (χ2n) is 7.68. The number of benzene rings is 2. The number of hydrogen-bond donors (Lipinski definition) is 2. The van der Waals surface area contributed by atoms with Gasteiger partial charge in [-0.25, -0.2) is 0 Å². The minimum Gasteiger partial charge on any atom is -0.504 e. The van der Waals surface area contributed by atoms with Crippen molar-refractivity contribution in [3.63, 3.8) is 0 Å². The highest BCUT2D eigenvalue weighted by molar-refractivity contribution is 5.91. The minimum atomic E-state index is -0.265. The molecule has 3 aromatic rings. The van der Waals surface area contributed by atoms with E-state index in [0.29, 0.717) is 29.4 Å².